The lowest BCUT2D eigenvalue weighted by atomic mass is 10.2. The Balaban J connectivity index is 1.44. The third-order valence-electron chi connectivity index (χ3n) is 4.34. The van der Waals surface area contributed by atoms with Crippen LogP contribution in [0.1, 0.15) is 11.1 Å². The Labute approximate surface area is 206 Å². The lowest BCUT2D eigenvalue weighted by molar-refractivity contribution is -0.115. The maximum Gasteiger partial charge on any atom is 0.264 e. The summed E-state index contributed by atoms with van der Waals surface area (Å²) >= 11 is 16.7. The van der Waals surface area contributed by atoms with Crippen LogP contribution in [0.25, 0.3) is 6.08 Å². The lowest BCUT2D eigenvalue weighted by Gasteiger charge is -2.10. The van der Waals surface area contributed by atoms with Gasteiger partial charge in [0, 0.05) is 0 Å². The fraction of sp³-hybridized carbons (Fsp3) is 0.0435. The first-order valence-corrected chi connectivity index (χ1v) is 11.7. The summed E-state index contributed by atoms with van der Waals surface area (Å²) in [5.41, 5.74) is 2.27. The Morgan fingerprint density at radius 3 is 2.56 bits per heavy atom. The van der Waals surface area contributed by atoms with E-state index in [9.17, 15) is 9.18 Å². The van der Waals surface area contributed by atoms with Gasteiger partial charge in [-0.2, -0.15) is 0 Å². The topological polar surface area (TPSA) is 50.7 Å². The summed E-state index contributed by atoms with van der Waals surface area (Å²) in [4.78, 5) is 17.1. The van der Waals surface area contributed by atoms with E-state index in [1.165, 1.54) is 23.9 Å². The second-order valence-corrected chi connectivity index (χ2v) is 9.38. The van der Waals surface area contributed by atoms with E-state index in [1.807, 2.05) is 24.3 Å². The average molecular weight is 552 g/mol. The van der Waals surface area contributed by atoms with Crippen LogP contribution in [0.3, 0.4) is 0 Å². The number of carbonyl (C=O) groups excluding carboxylic acids is 1. The summed E-state index contributed by atoms with van der Waals surface area (Å²) in [6.45, 7) is 0.331. The van der Waals surface area contributed by atoms with Crippen LogP contribution >= 0.6 is 50.9 Å². The Hall–Kier alpha value is -2.32. The fourth-order valence-electron chi connectivity index (χ4n) is 2.78. The molecule has 4 nitrogen and oxygen atoms in total. The smallest absolute Gasteiger partial charge is 0.264 e. The summed E-state index contributed by atoms with van der Waals surface area (Å²) in [5, 5.41) is 4.12. The van der Waals surface area contributed by atoms with Gasteiger partial charge in [-0.3, -0.25) is 4.79 Å². The number of nitrogens with one attached hydrogen (secondary N) is 1. The van der Waals surface area contributed by atoms with Crippen molar-refractivity contribution in [2.45, 2.75) is 6.61 Å². The van der Waals surface area contributed by atoms with E-state index in [0.29, 0.717) is 38.2 Å². The van der Waals surface area contributed by atoms with Crippen molar-refractivity contribution in [2.24, 2.45) is 4.99 Å². The third kappa shape index (κ3) is 5.72. The van der Waals surface area contributed by atoms with Gasteiger partial charge < -0.3 is 10.1 Å². The zero-order chi connectivity index (χ0) is 22.7. The summed E-state index contributed by atoms with van der Waals surface area (Å²) < 4.78 is 19.6. The Bertz CT molecular complexity index is 1250. The number of aliphatic imine (C=N–C) groups is 1. The molecule has 1 aliphatic rings. The van der Waals surface area contributed by atoms with Gasteiger partial charge in [-0.05, 0) is 93.4 Å². The molecule has 0 atom stereocenters. The van der Waals surface area contributed by atoms with E-state index >= 15 is 0 Å². The van der Waals surface area contributed by atoms with Crippen LogP contribution in [0.5, 0.6) is 5.75 Å². The highest BCUT2D eigenvalue weighted by Crippen LogP contribution is 2.32. The molecule has 0 unspecified atom stereocenters. The number of ether oxygens (including phenoxy) is 1. The van der Waals surface area contributed by atoms with Gasteiger partial charge in [0.05, 0.1) is 25.1 Å². The molecule has 32 heavy (non-hydrogen) atoms. The van der Waals surface area contributed by atoms with Crippen molar-refractivity contribution in [2.75, 3.05) is 0 Å². The largest absolute Gasteiger partial charge is 0.488 e. The Kier molecular flexibility index (Phi) is 7.20. The average Bonchev–Trinajstić information content (AvgIpc) is 3.10. The standard InChI is InChI=1S/C23H14BrCl2FN2O2S/c24-17-9-13(2-8-20(17)31-12-14-1-7-18(25)19(26)10-14)11-21-22(30)29-23(32-21)28-16-5-3-15(27)4-6-16/h1-11H,12H2,(H,28,29,30)/b21-11+. The van der Waals surface area contributed by atoms with E-state index in [1.54, 1.807) is 30.3 Å². The molecule has 0 aliphatic carbocycles. The summed E-state index contributed by atoms with van der Waals surface area (Å²) in [6.07, 6.45) is 1.76. The summed E-state index contributed by atoms with van der Waals surface area (Å²) in [6, 6.07) is 16.6. The molecule has 9 heteroatoms. The molecular formula is C23H14BrCl2FN2O2S. The molecule has 0 aromatic heterocycles. The van der Waals surface area contributed by atoms with Crippen molar-refractivity contribution in [3.8, 4) is 5.75 Å². The second kappa shape index (κ2) is 10.1. The SMILES string of the molecule is O=C1NC(=Nc2ccc(F)cc2)S/C1=C/c1ccc(OCc2ccc(Cl)c(Cl)c2)c(Br)c1. The number of hydrogen-bond acceptors (Lipinski definition) is 4. The molecule has 0 radical (unpaired) electrons. The molecular weight excluding hydrogens is 538 g/mol. The monoisotopic (exact) mass is 550 g/mol. The number of benzene rings is 3. The molecule has 3 aromatic rings. The number of carbonyl (C=O) groups is 1. The van der Waals surface area contributed by atoms with Gasteiger partial charge >= 0.3 is 0 Å². The highest BCUT2D eigenvalue weighted by Gasteiger charge is 2.23. The number of amidine groups is 1. The first-order valence-electron chi connectivity index (χ1n) is 9.29. The number of halogens is 4. The van der Waals surface area contributed by atoms with E-state index in [2.05, 4.69) is 26.2 Å². The van der Waals surface area contributed by atoms with Crippen molar-refractivity contribution in [3.63, 3.8) is 0 Å². The third-order valence-corrected chi connectivity index (χ3v) is 6.61. The van der Waals surface area contributed by atoms with E-state index in [4.69, 9.17) is 27.9 Å². The van der Waals surface area contributed by atoms with Crippen LogP contribution in [-0.2, 0) is 11.4 Å². The number of hydrogen-bond donors (Lipinski definition) is 1. The highest BCUT2D eigenvalue weighted by molar-refractivity contribution is 9.10. The van der Waals surface area contributed by atoms with Gasteiger partial charge in [0.25, 0.3) is 5.91 Å². The summed E-state index contributed by atoms with van der Waals surface area (Å²) in [7, 11) is 0. The van der Waals surface area contributed by atoms with Crippen LogP contribution in [0.2, 0.25) is 10.0 Å². The van der Waals surface area contributed by atoms with Crippen LogP contribution in [0.4, 0.5) is 10.1 Å². The minimum atomic E-state index is -0.340. The molecule has 0 saturated carbocycles. The van der Waals surface area contributed by atoms with Gasteiger partial charge in [-0.25, -0.2) is 9.38 Å². The van der Waals surface area contributed by atoms with Crippen molar-refractivity contribution < 1.29 is 13.9 Å². The quantitative estimate of drug-likeness (QED) is 0.337. The molecule has 1 N–H and O–H groups in total. The number of thioether (sulfide) groups is 1. The minimum absolute atomic E-state index is 0.244. The predicted octanol–water partition coefficient (Wildman–Crippen LogP) is 7.37. The van der Waals surface area contributed by atoms with Crippen molar-refractivity contribution >= 4 is 73.7 Å². The lowest BCUT2D eigenvalue weighted by Crippen LogP contribution is -2.19. The van der Waals surface area contributed by atoms with Gasteiger partial charge in [0.1, 0.15) is 18.2 Å². The zero-order valence-corrected chi connectivity index (χ0v) is 20.2. The molecule has 1 fully saturated rings. The van der Waals surface area contributed by atoms with Crippen molar-refractivity contribution in [1.82, 2.24) is 5.32 Å². The maximum atomic E-state index is 13.0. The van der Waals surface area contributed by atoms with Gasteiger partial charge in [-0.15, -0.1) is 0 Å². The molecule has 1 heterocycles. The van der Waals surface area contributed by atoms with Gasteiger partial charge in [0.2, 0.25) is 0 Å². The van der Waals surface area contributed by atoms with Gasteiger partial charge in [0.15, 0.2) is 5.17 Å². The number of nitrogens with zero attached hydrogens (tertiary/aromatic N) is 1. The summed E-state index contributed by atoms with van der Waals surface area (Å²) in [5.74, 6) is 0.0693. The molecule has 0 spiro atoms. The minimum Gasteiger partial charge on any atom is -0.488 e. The van der Waals surface area contributed by atoms with E-state index < -0.39 is 0 Å². The van der Waals surface area contributed by atoms with E-state index in [-0.39, 0.29) is 11.7 Å². The predicted molar refractivity (Wildman–Crippen MR) is 132 cm³/mol. The normalized spacial score (nSPS) is 15.9. The molecule has 1 amide bonds. The zero-order valence-electron chi connectivity index (χ0n) is 16.2. The van der Waals surface area contributed by atoms with Crippen LogP contribution < -0.4 is 10.1 Å². The Morgan fingerprint density at radius 1 is 1.06 bits per heavy atom. The van der Waals surface area contributed by atoms with Crippen LogP contribution in [-0.4, -0.2) is 11.1 Å². The van der Waals surface area contributed by atoms with Crippen LogP contribution in [0, 0.1) is 5.82 Å². The Morgan fingerprint density at radius 2 is 1.84 bits per heavy atom. The molecule has 1 saturated heterocycles. The van der Waals surface area contributed by atoms with Crippen LogP contribution in [0.15, 0.2) is 75.0 Å². The number of amides is 1. The molecule has 3 aromatic carbocycles. The first-order chi connectivity index (χ1) is 15.4. The fourth-order valence-corrected chi connectivity index (χ4v) is 4.45. The van der Waals surface area contributed by atoms with Crippen molar-refractivity contribution in [3.05, 3.63) is 97.0 Å². The maximum absolute atomic E-state index is 13.0. The second-order valence-electron chi connectivity index (χ2n) is 6.69. The highest BCUT2D eigenvalue weighted by atomic mass is 79.9. The first kappa shape index (κ1) is 22.9. The number of rotatable bonds is 5. The van der Waals surface area contributed by atoms with E-state index in [0.717, 1.165) is 15.6 Å². The molecule has 4 rings (SSSR count). The molecule has 162 valence electrons. The van der Waals surface area contributed by atoms with Crippen molar-refractivity contribution in [1.29, 1.82) is 0 Å². The molecule has 0 bridgehead atoms. The van der Waals surface area contributed by atoms with Gasteiger partial charge in [-0.1, -0.05) is 35.3 Å². The molecule has 1 aliphatic heterocycles.